The lowest BCUT2D eigenvalue weighted by Crippen LogP contribution is -2.28. The van der Waals surface area contributed by atoms with Crippen LogP contribution in [0.15, 0.2) is 35.5 Å². The number of carbonyl (C=O) groups is 1. The second-order valence-electron chi connectivity index (χ2n) is 4.52. The number of hydrogen-bond donors (Lipinski definition) is 1. The van der Waals surface area contributed by atoms with E-state index in [0.29, 0.717) is 0 Å². The van der Waals surface area contributed by atoms with Crippen LogP contribution in [0.5, 0.6) is 0 Å². The fourth-order valence-corrected chi connectivity index (χ4v) is 2.63. The van der Waals surface area contributed by atoms with Crippen molar-refractivity contribution in [3.63, 3.8) is 0 Å². The van der Waals surface area contributed by atoms with E-state index in [2.05, 4.69) is 19.1 Å². The highest BCUT2D eigenvalue weighted by atomic mass is 16.4. The average molecular weight is 204 g/mol. The number of rotatable bonds is 2. The molecule has 0 aromatic carbocycles. The molecule has 1 fully saturated rings. The number of fused-ring (bicyclic) bond motifs is 2. The maximum Gasteiger partial charge on any atom is 0.304 e. The third-order valence-corrected chi connectivity index (χ3v) is 3.52. The van der Waals surface area contributed by atoms with Gasteiger partial charge in [-0.2, -0.15) is 0 Å². The largest absolute Gasteiger partial charge is 0.481 e. The molecule has 0 unspecified atom stereocenters. The molecule has 0 spiro atoms. The molecule has 1 N–H and O–H groups in total. The molecule has 15 heavy (non-hydrogen) atoms. The summed E-state index contributed by atoms with van der Waals surface area (Å²) in [6.07, 6.45) is 11.6. The Morgan fingerprint density at radius 1 is 1.33 bits per heavy atom. The maximum absolute atomic E-state index is 10.9. The maximum atomic E-state index is 10.9. The topological polar surface area (TPSA) is 37.3 Å². The molecule has 0 aliphatic heterocycles. The van der Waals surface area contributed by atoms with Crippen LogP contribution in [0.3, 0.4) is 0 Å². The first-order chi connectivity index (χ1) is 7.13. The minimum Gasteiger partial charge on any atom is -0.481 e. The molecule has 80 valence electrons. The Morgan fingerprint density at radius 3 is 2.33 bits per heavy atom. The number of carboxylic acids is 1. The van der Waals surface area contributed by atoms with Gasteiger partial charge in [0.2, 0.25) is 0 Å². The Labute approximate surface area is 90.0 Å². The van der Waals surface area contributed by atoms with Crippen molar-refractivity contribution in [3.05, 3.63) is 35.5 Å². The zero-order chi connectivity index (χ0) is 10.9. The summed E-state index contributed by atoms with van der Waals surface area (Å²) in [5, 5.41) is 9.00. The van der Waals surface area contributed by atoms with Crippen molar-refractivity contribution in [3.8, 4) is 0 Å². The third-order valence-electron chi connectivity index (χ3n) is 3.52. The van der Waals surface area contributed by atoms with Gasteiger partial charge < -0.3 is 5.11 Å². The molecule has 2 bridgehead atoms. The van der Waals surface area contributed by atoms with Crippen LogP contribution in [0.1, 0.15) is 32.6 Å². The molecule has 0 saturated heterocycles. The molecule has 2 aliphatic rings. The average Bonchev–Trinajstić information content (AvgIpc) is 2.26. The highest BCUT2D eigenvalue weighted by Gasteiger charge is 2.37. The van der Waals surface area contributed by atoms with Gasteiger partial charge in [-0.1, -0.05) is 42.4 Å². The van der Waals surface area contributed by atoms with Crippen LogP contribution >= 0.6 is 0 Å². The van der Waals surface area contributed by atoms with Gasteiger partial charge in [-0.05, 0) is 19.3 Å². The van der Waals surface area contributed by atoms with E-state index in [1.165, 1.54) is 11.1 Å². The lowest BCUT2D eigenvalue weighted by atomic mass is 9.66. The van der Waals surface area contributed by atoms with Gasteiger partial charge in [0.15, 0.2) is 0 Å². The third kappa shape index (κ3) is 1.76. The van der Waals surface area contributed by atoms with Crippen molar-refractivity contribution in [1.82, 2.24) is 0 Å². The zero-order valence-electron chi connectivity index (χ0n) is 8.99. The molecular weight excluding hydrogens is 188 g/mol. The van der Waals surface area contributed by atoms with Gasteiger partial charge in [0, 0.05) is 5.41 Å². The second-order valence-corrected chi connectivity index (χ2v) is 4.52. The van der Waals surface area contributed by atoms with Crippen LogP contribution in [0, 0.1) is 5.41 Å². The quantitative estimate of drug-likeness (QED) is 0.750. The molecule has 2 heteroatoms. The Morgan fingerprint density at radius 2 is 1.87 bits per heavy atom. The van der Waals surface area contributed by atoms with Gasteiger partial charge in [-0.3, -0.25) is 4.79 Å². The molecule has 2 aliphatic carbocycles. The van der Waals surface area contributed by atoms with Gasteiger partial charge in [0.05, 0.1) is 6.42 Å². The van der Waals surface area contributed by atoms with E-state index in [0.717, 1.165) is 19.3 Å². The molecule has 0 aromatic rings. The van der Waals surface area contributed by atoms with E-state index < -0.39 is 5.97 Å². The van der Waals surface area contributed by atoms with Crippen LogP contribution in [0.25, 0.3) is 0 Å². The van der Waals surface area contributed by atoms with Gasteiger partial charge in [-0.15, -0.1) is 0 Å². The van der Waals surface area contributed by atoms with Crippen LogP contribution in [-0.4, -0.2) is 11.1 Å². The molecule has 0 atom stereocenters. The molecule has 0 radical (unpaired) electrons. The van der Waals surface area contributed by atoms with Crippen LogP contribution in [-0.2, 0) is 4.79 Å². The molecule has 0 heterocycles. The molecule has 0 amide bonds. The first kappa shape index (κ1) is 10.2. The van der Waals surface area contributed by atoms with Crippen molar-refractivity contribution >= 4 is 5.97 Å². The van der Waals surface area contributed by atoms with E-state index in [1.807, 2.05) is 12.2 Å². The minimum absolute atomic E-state index is 0.215. The van der Waals surface area contributed by atoms with E-state index in [9.17, 15) is 4.79 Å². The van der Waals surface area contributed by atoms with Crippen molar-refractivity contribution in [1.29, 1.82) is 0 Å². The Kier molecular flexibility index (Phi) is 2.51. The predicted molar refractivity (Wildman–Crippen MR) is 59.5 cm³/mol. The summed E-state index contributed by atoms with van der Waals surface area (Å²) in [5.41, 5.74) is 2.31. The summed E-state index contributed by atoms with van der Waals surface area (Å²) in [4.78, 5) is 10.9. The number of carboxylic acid groups (broad SMARTS) is 1. The van der Waals surface area contributed by atoms with E-state index in [1.54, 1.807) is 0 Å². The fraction of sp³-hybridized carbons (Fsp3) is 0.462. The van der Waals surface area contributed by atoms with E-state index in [4.69, 9.17) is 5.11 Å². The highest BCUT2D eigenvalue weighted by molar-refractivity contribution is 5.70. The summed E-state index contributed by atoms with van der Waals surface area (Å²) in [5.74, 6) is -0.710. The SMILES string of the molecule is CC1(CC(=O)O)C2=CC=CC=C1CCC2. The molecule has 2 nitrogen and oxygen atoms in total. The van der Waals surface area contributed by atoms with Crippen molar-refractivity contribution in [2.75, 3.05) is 0 Å². The first-order valence-electron chi connectivity index (χ1n) is 5.42. The van der Waals surface area contributed by atoms with Gasteiger partial charge in [-0.25, -0.2) is 0 Å². The fourth-order valence-electron chi connectivity index (χ4n) is 2.63. The van der Waals surface area contributed by atoms with Crippen LogP contribution in [0.2, 0.25) is 0 Å². The van der Waals surface area contributed by atoms with Crippen molar-refractivity contribution in [2.45, 2.75) is 32.6 Å². The second kappa shape index (κ2) is 3.69. The summed E-state index contributed by atoms with van der Waals surface area (Å²) >= 11 is 0. The Hall–Kier alpha value is -1.31. The summed E-state index contributed by atoms with van der Waals surface area (Å²) in [6.45, 7) is 2.06. The summed E-state index contributed by atoms with van der Waals surface area (Å²) in [6, 6.07) is 0. The molecular formula is C13H16O2. The molecule has 0 aromatic heterocycles. The lowest BCUT2D eigenvalue weighted by molar-refractivity contribution is -0.138. The standard InChI is InChI=1S/C13H16O2/c1-13(9-12(14)15)10-5-2-3-6-11(13)8-4-7-10/h2-3,5-6H,4,7-9H2,1H3,(H,14,15). The Bertz CT molecular complexity index is 348. The van der Waals surface area contributed by atoms with Crippen LogP contribution in [0.4, 0.5) is 0 Å². The smallest absolute Gasteiger partial charge is 0.304 e. The predicted octanol–water partition coefficient (Wildman–Crippen LogP) is 3.07. The zero-order valence-corrected chi connectivity index (χ0v) is 8.99. The molecule has 2 rings (SSSR count). The summed E-state index contributed by atoms with van der Waals surface area (Å²) < 4.78 is 0. The molecule has 1 saturated carbocycles. The van der Waals surface area contributed by atoms with E-state index >= 15 is 0 Å². The number of hydrogen-bond acceptors (Lipinski definition) is 1. The van der Waals surface area contributed by atoms with Crippen LogP contribution < -0.4 is 0 Å². The van der Waals surface area contributed by atoms with Gasteiger partial charge >= 0.3 is 5.97 Å². The summed E-state index contributed by atoms with van der Waals surface area (Å²) in [7, 11) is 0. The number of aliphatic carboxylic acids is 1. The minimum atomic E-state index is -0.710. The lowest BCUT2D eigenvalue weighted by Gasteiger charge is -2.37. The van der Waals surface area contributed by atoms with Crippen molar-refractivity contribution < 1.29 is 9.90 Å². The van der Waals surface area contributed by atoms with Gasteiger partial charge in [0.25, 0.3) is 0 Å². The Balaban J connectivity index is 2.41. The van der Waals surface area contributed by atoms with Crippen molar-refractivity contribution in [2.24, 2.45) is 5.41 Å². The van der Waals surface area contributed by atoms with E-state index in [-0.39, 0.29) is 11.8 Å². The first-order valence-corrected chi connectivity index (χ1v) is 5.42. The normalized spacial score (nSPS) is 22.7. The monoisotopic (exact) mass is 204 g/mol. The van der Waals surface area contributed by atoms with Gasteiger partial charge in [0.1, 0.15) is 0 Å². The number of allylic oxidation sites excluding steroid dienone is 6. The highest BCUT2D eigenvalue weighted by Crippen LogP contribution is 2.47.